The van der Waals surface area contributed by atoms with Gasteiger partial charge in [0, 0.05) is 18.1 Å². The molecule has 3 heterocycles. The monoisotopic (exact) mass is 805 g/mol. The summed E-state index contributed by atoms with van der Waals surface area (Å²) in [6.45, 7) is 2.38. The number of nitrogens with two attached hydrogens (primary N) is 1. The minimum Gasteiger partial charge on any atom is -0.390 e. The predicted molar refractivity (Wildman–Crippen MR) is 212 cm³/mol. The first-order valence-corrected chi connectivity index (χ1v) is 21.9. The number of rotatable bonds is 29. The fourth-order valence-corrected chi connectivity index (χ4v) is 7.69. The summed E-state index contributed by atoms with van der Waals surface area (Å²) in [5.41, 5.74) is 6.01. The number of halogens is 1. The topological polar surface area (TPSA) is 184 Å². The molecule has 15 heteroatoms. The Bertz CT molecular complexity index is 1620. The van der Waals surface area contributed by atoms with E-state index in [9.17, 15) is 19.8 Å². The molecule has 1 aliphatic rings. The fraction of sp³-hybridized carbons (Fsp3) is 0.675. The maximum absolute atomic E-state index is 13.0. The average molecular weight is 806 g/mol. The zero-order valence-electron chi connectivity index (χ0n) is 32.4. The Morgan fingerprint density at radius 3 is 2.20 bits per heavy atom. The van der Waals surface area contributed by atoms with Crippen LogP contribution in [0.1, 0.15) is 127 Å². The Hall–Kier alpha value is -2.63. The molecule has 1 aliphatic heterocycles. The summed E-state index contributed by atoms with van der Waals surface area (Å²) in [4.78, 5) is 14.5. The van der Waals surface area contributed by atoms with Gasteiger partial charge in [0.25, 0.3) is 0 Å². The van der Waals surface area contributed by atoms with Gasteiger partial charge >= 0.3 is 7.82 Å². The van der Waals surface area contributed by atoms with Crippen molar-refractivity contribution in [3.63, 3.8) is 0 Å². The Kier molecular flexibility index (Phi) is 19.8. The van der Waals surface area contributed by atoms with E-state index in [2.05, 4.69) is 23.1 Å². The van der Waals surface area contributed by atoms with Gasteiger partial charge in [-0.25, -0.2) is 14.1 Å². The average Bonchev–Trinajstić information content (AvgIpc) is 3.77. The van der Waals surface area contributed by atoms with Gasteiger partial charge in [0.1, 0.15) is 30.1 Å². The number of nitrogen functional groups attached to an aromatic ring is 1. The van der Waals surface area contributed by atoms with Crippen molar-refractivity contribution in [2.45, 2.75) is 147 Å². The van der Waals surface area contributed by atoms with Crippen molar-refractivity contribution in [3.8, 4) is 6.07 Å². The largest absolute Gasteiger partial charge is 0.472 e. The highest BCUT2D eigenvalue weighted by Gasteiger charge is 2.50. The summed E-state index contributed by atoms with van der Waals surface area (Å²) in [6, 6.07) is 12.6. The number of aliphatic hydroxyl groups is 1. The lowest BCUT2D eigenvalue weighted by molar-refractivity contribution is -0.0629. The molecule has 1 saturated heterocycles. The predicted octanol–water partition coefficient (Wildman–Crippen LogP) is 8.83. The molecule has 0 bridgehead atoms. The van der Waals surface area contributed by atoms with Gasteiger partial charge in [-0.2, -0.15) is 10.4 Å². The van der Waals surface area contributed by atoms with Crippen LogP contribution in [0.15, 0.2) is 42.7 Å². The molecule has 0 aliphatic carbocycles. The third-order valence-electron chi connectivity index (χ3n) is 10.0. The number of aromatic nitrogens is 3. The highest BCUT2D eigenvalue weighted by atomic mass is 35.5. The van der Waals surface area contributed by atoms with Gasteiger partial charge in [0.05, 0.1) is 38.2 Å². The first-order chi connectivity index (χ1) is 26.7. The van der Waals surface area contributed by atoms with Crippen LogP contribution in [-0.4, -0.2) is 69.3 Å². The number of phosphoric ester groups is 1. The number of anilines is 1. The molecule has 13 nitrogen and oxygen atoms in total. The molecule has 55 heavy (non-hydrogen) atoms. The summed E-state index contributed by atoms with van der Waals surface area (Å²) in [6.07, 6.45) is 18.9. The van der Waals surface area contributed by atoms with Crippen LogP contribution in [0.3, 0.4) is 0 Å². The fourth-order valence-electron chi connectivity index (χ4n) is 6.80. The molecule has 3 aromatic rings. The van der Waals surface area contributed by atoms with Gasteiger partial charge in [-0.3, -0.25) is 9.05 Å². The summed E-state index contributed by atoms with van der Waals surface area (Å²) in [7, 11) is -4.63. The van der Waals surface area contributed by atoms with E-state index in [1.54, 1.807) is 24.3 Å². The molecular weight excluding hydrogens is 745 g/mol. The first-order valence-electron chi connectivity index (χ1n) is 20.1. The highest BCUT2D eigenvalue weighted by molar-refractivity contribution is 7.47. The van der Waals surface area contributed by atoms with Gasteiger partial charge < -0.3 is 29.9 Å². The second-order valence-corrected chi connectivity index (χ2v) is 16.4. The van der Waals surface area contributed by atoms with E-state index >= 15 is 0 Å². The van der Waals surface area contributed by atoms with Gasteiger partial charge in [0.15, 0.2) is 11.4 Å². The molecule has 0 spiro atoms. The van der Waals surface area contributed by atoms with Crippen molar-refractivity contribution in [3.05, 3.63) is 59.0 Å². The van der Waals surface area contributed by atoms with Crippen molar-refractivity contribution >= 4 is 30.8 Å². The van der Waals surface area contributed by atoms with Crippen molar-refractivity contribution < 1.29 is 37.8 Å². The smallest absolute Gasteiger partial charge is 0.390 e. The standard InChI is InChI=1S/C40H61ClN5O8P/c1-2-3-4-5-6-7-8-9-10-11-12-13-14-15-16-17-24-50-27-34(51-26-32-18-20-33(41)21-19-32)28-52-55(48,49)53-29-37-36(47)25-40(30-42,54-37)38-23-22-35-39(43)44-31-45-46(35)38/h18-23,31,34,36-37,47H,2-17,24-29H2,1H3,(H,48,49)(H2,43,44,45)/t34-,36+,37-,40+/m1/s1. The van der Waals surface area contributed by atoms with Crippen LogP contribution in [0.5, 0.6) is 0 Å². The SMILES string of the molecule is CCCCCCCCCCCCCCCCCCOC[C@H](COP(=O)(O)OC[C@H]1O[C@@](C#N)(c2ccc3c(N)ncnn23)C[C@@H]1O)OCc1ccc(Cl)cc1. The number of hydrogen-bond acceptors (Lipinski definition) is 11. The molecule has 306 valence electrons. The number of benzene rings is 1. The van der Waals surface area contributed by atoms with E-state index < -0.39 is 38.3 Å². The molecule has 4 rings (SSSR count). The van der Waals surface area contributed by atoms with Gasteiger partial charge in [-0.05, 0) is 36.2 Å². The number of fused-ring (bicyclic) bond motifs is 1. The van der Waals surface area contributed by atoms with Crippen molar-refractivity contribution in [1.82, 2.24) is 14.6 Å². The minimum absolute atomic E-state index is 0.124. The first kappa shape index (κ1) is 45.1. The molecule has 0 amide bonds. The van der Waals surface area contributed by atoms with Crippen LogP contribution in [-0.2, 0) is 40.0 Å². The number of hydrogen-bond donors (Lipinski definition) is 3. The van der Waals surface area contributed by atoms with Gasteiger partial charge in [-0.1, -0.05) is 127 Å². The molecule has 1 aromatic carbocycles. The third kappa shape index (κ3) is 15.3. The Morgan fingerprint density at radius 2 is 1.58 bits per heavy atom. The molecular formula is C40H61ClN5O8P. The molecule has 0 radical (unpaired) electrons. The van der Waals surface area contributed by atoms with Crippen LogP contribution in [0.4, 0.5) is 5.82 Å². The molecule has 5 atom stereocenters. The van der Waals surface area contributed by atoms with Crippen molar-refractivity contribution in [2.24, 2.45) is 0 Å². The number of unbranched alkanes of at least 4 members (excludes halogenated alkanes) is 15. The van der Waals surface area contributed by atoms with Crippen LogP contribution in [0.25, 0.3) is 5.52 Å². The summed E-state index contributed by atoms with van der Waals surface area (Å²) in [5, 5.41) is 25.7. The number of nitriles is 1. The van der Waals surface area contributed by atoms with Gasteiger partial charge in [-0.15, -0.1) is 0 Å². The van der Waals surface area contributed by atoms with E-state index in [0.29, 0.717) is 22.8 Å². The quantitative estimate of drug-likeness (QED) is 0.0448. The Morgan fingerprint density at radius 1 is 0.964 bits per heavy atom. The third-order valence-corrected chi connectivity index (χ3v) is 11.2. The molecule has 2 aromatic heterocycles. The summed E-state index contributed by atoms with van der Waals surface area (Å²) in [5.74, 6) is 0.215. The lowest BCUT2D eigenvalue weighted by atomic mass is 9.96. The minimum atomic E-state index is -4.63. The van der Waals surface area contributed by atoms with Crippen molar-refractivity contribution in [2.75, 3.05) is 32.2 Å². The van der Waals surface area contributed by atoms with Crippen molar-refractivity contribution in [1.29, 1.82) is 5.26 Å². The molecule has 4 N–H and O–H groups in total. The lowest BCUT2D eigenvalue weighted by Crippen LogP contribution is -2.29. The van der Waals surface area contributed by atoms with E-state index in [4.69, 9.17) is 40.6 Å². The number of phosphoric acid groups is 1. The second-order valence-electron chi connectivity index (χ2n) is 14.5. The Labute approximate surface area is 331 Å². The lowest BCUT2D eigenvalue weighted by Gasteiger charge is -2.23. The maximum Gasteiger partial charge on any atom is 0.472 e. The zero-order valence-corrected chi connectivity index (χ0v) is 34.0. The van der Waals surface area contributed by atoms with E-state index in [1.807, 2.05) is 12.1 Å². The van der Waals surface area contributed by atoms with Crippen LogP contribution >= 0.6 is 19.4 Å². The molecule has 1 fully saturated rings. The number of nitrogens with zero attached hydrogens (tertiary/aromatic N) is 4. The number of ether oxygens (including phenoxy) is 3. The molecule has 0 saturated carbocycles. The highest BCUT2D eigenvalue weighted by Crippen LogP contribution is 2.46. The number of aliphatic hydroxyl groups excluding tert-OH is 1. The summed E-state index contributed by atoms with van der Waals surface area (Å²) >= 11 is 6.02. The zero-order chi connectivity index (χ0) is 39.4. The van der Waals surface area contributed by atoms with E-state index in [1.165, 1.54) is 101 Å². The van der Waals surface area contributed by atoms with Crippen LogP contribution in [0.2, 0.25) is 5.02 Å². The van der Waals surface area contributed by atoms with E-state index in [0.717, 1.165) is 18.4 Å². The molecule has 1 unspecified atom stereocenters. The van der Waals surface area contributed by atoms with E-state index in [-0.39, 0.29) is 32.1 Å². The normalized spacial score (nSPS) is 20.1. The maximum atomic E-state index is 13.0. The Balaban J connectivity index is 1.14. The van der Waals surface area contributed by atoms with Crippen LogP contribution < -0.4 is 5.73 Å². The van der Waals surface area contributed by atoms with Crippen LogP contribution in [0, 0.1) is 11.3 Å². The van der Waals surface area contributed by atoms with Gasteiger partial charge in [0.2, 0.25) is 0 Å². The summed E-state index contributed by atoms with van der Waals surface area (Å²) < 4.78 is 42.9. The second kappa shape index (κ2) is 24.2.